The number of carboxylic acid groups (broad SMARTS) is 1. The Balaban J connectivity index is 1.64. The first-order valence-electron chi connectivity index (χ1n) is 11.3. The van der Waals surface area contributed by atoms with E-state index >= 15 is 0 Å². The zero-order valence-electron chi connectivity index (χ0n) is 20.2. The van der Waals surface area contributed by atoms with Crippen molar-refractivity contribution >= 4 is 23.5 Å². The Labute approximate surface area is 209 Å². The van der Waals surface area contributed by atoms with E-state index in [4.69, 9.17) is 25.8 Å². The topological polar surface area (TPSA) is 94.0 Å². The molecule has 0 amide bonds. The highest BCUT2D eigenvalue weighted by atomic mass is 35.5. The Bertz CT molecular complexity index is 1230. The quantitative estimate of drug-likeness (QED) is 0.443. The van der Waals surface area contributed by atoms with Gasteiger partial charge in [0.1, 0.15) is 29.4 Å². The van der Waals surface area contributed by atoms with Crippen LogP contribution in [-0.2, 0) is 6.61 Å². The van der Waals surface area contributed by atoms with Gasteiger partial charge in [0.15, 0.2) is 0 Å². The number of rotatable bonds is 8. The van der Waals surface area contributed by atoms with Crippen molar-refractivity contribution < 1.29 is 24.1 Å². The molecule has 0 saturated carbocycles. The van der Waals surface area contributed by atoms with Gasteiger partial charge in [0.25, 0.3) is 0 Å². The van der Waals surface area contributed by atoms with E-state index in [1.54, 1.807) is 14.2 Å². The Hall–Kier alpha value is -3.52. The minimum Gasteiger partial charge on any atom is -0.497 e. The first-order valence-corrected chi connectivity index (χ1v) is 11.7. The number of nitrogens with zero attached hydrogens (tertiary/aromatic N) is 3. The number of benzene rings is 2. The molecule has 0 radical (unpaired) electrons. The van der Waals surface area contributed by atoms with E-state index in [2.05, 4.69) is 14.9 Å². The lowest BCUT2D eigenvalue weighted by molar-refractivity contribution is 0.0692. The number of hydrogen-bond acceptors (Lipinski definition) is 7. The first kappa shape index (κ1) is 24.6. The van der Waals surface area contributed by atoms with Crippen molar-refractivity contribution in [1.29, 1.82) is 0 Å². The van der Waals surface area contributed by atoms with Crippen LogP contribution in [0.5, 0.6) is 17.2 Å². The van der Waals surface area contributed by atoms with E-state index in [1.807, 2.05) is 44.2 Å². The van der Waals surface area contributed by atoms with Gasteiger partial charge in [0.2, 0.25) is 5.95 Å². The van der Waals surface area contributed by atoms with Crippen molar-refractivity contribution in [1.82, 2.24) is 9.97 Å². The van der Waals surface area contributed by atoms with Crippen molar-refractivity contribution in [3.8, 4) is 17.2 Å². The molecule has 1 N–H and O–H groups in total. The van der Waals surface area contributed by atoms with Crippen LogP contribution in [0.3, 0.4) is 0 Å². The summed E-state index contributed by atoms with van der Waals surface area (Å²) in [6.07, 6.45) is 3.18. The average molecular weight is 498 g/mol. The van der Waals surface area contributed by atoms with Crippen LogP contribution in [-0.4, -0.2) is 41.8 Å². The van der Waals surface area contributed by atoms with Crippen LogP contribution in [0, 0.1) is 13.8 Å². The van der Waals surface area contributed by atoms with Gasteiger partial charge >= 0.3 is 5.97 Å². The average Bonchev–Trinajstić information content (AvgIpc) is 3.35. The van der Waals surface area contributed by atoms with Gasteiger partial charge in [-0.2, -0.15) is 0 Å². The lowest BCUT2D eigenvalue weighted by Gasteiger charge is -2.27. The fraction of sp³-hybridized carbons (Fsp3) is 0.346. The normalized spacial score (nSPS) is 15.2. The smallest absolute Gasteiger partial charge is 0.339 e. The van der Waals surface area contributed by atoms with Gasteiger partial charge in [0.05, 0.1) is 26.0 Å². The van der Waals surface area contributed by atoms with Crippen molar-refractivity contribution in [2.24, 2.45) is 0 Å². The molecule has 1 aliphatic heterocycles. The van der Waals surface area contributed by atoms with E-state index in [0.717, 1.165) is 41.8 Å². The molecule has 8 nitrogen and oxygen atoms in total. The number of halogens is 1. The lowest BCUT2D eigenvalue weighted by atomic mass is 10.0. The molecule has 1 aliphatic rings. The summed E-state index contributed by atoms with van der Waals surface area (Å²) in [5, 5.41) is 10.4. The minimum atomic E-state index is -1.10. The molecule has 0 aliphatic carbocycles. The summed E-state index contributed by atoms with van der Waals surface area (Å²) in [6.45, 7) is 4.52. The van der Waals surface area contributed by atoms with Gasteiger partial charge in [-0.05, 0) is 62.1 Å². The molecular formula is C26H28ClN3O5. The molecule has 4 rings (SSSR count). The first-order chi connectivity index (χ1) is 16.8. The molecule has 9 heteroatoms. The third kappa shape index (κ3) is 5.12. The lowest BCUT2D eigenvalue weighted by Crippen LogP contribution is -2.26. The predicted octanol–water partition coefficient (Wildman–Crippen LogP) is 5.38. The zero-order chi connectivity index (χ0) is 25.1. The molecule has 0 spiro atoms. The summed E-state index contributed by atoms with van der Waals surface area (Å²) in [7, 11) is 3.25. The number of ether oxygens (including phenoxy) is 3. The number of anilines is 1. The van der Waals surface area contributed by atoms with E-state index in [0.29, 0.717) is 28.2 Å². The van der Waals surface area contributed by atoms with E-state index in [1.165, 1.54) is 6.20 Å². The SMILES string of the molecule is COc1ccc([C@H]2CCCN2c2ncc(C(=O)O)c(COc3cc(C)c(Cl)c(C)c3)n2)c(OC)c1. The second kappa shape index (κ2) is 10.4. The number of carboxylic acids is 1. The highest BCUT2D eigenvalue weighted by Gasteiger charge is 2.31. The molecule has 2 heterocycles. The van der Waals surface area contributed by atoms with Gasteiger partial charge < -0.3 is 24.2 Å². The molecular weight excluding hydrogens is 470 g/mol. The maximum absolute atomic E-state index is 11.9. The summed E-state index contributed by atoms with van der Waals surface area (Å²) >= 11 is 6.25. The number of hydrogen-bond donors (Lipinski definition) is 1. The van der Waals surface area contributed by atoms with Gasteiger partial charge in [-0.25, -0.2) is 14.8 Å². The van der Waals surface area contributed by atoms with Crippen LogP contribution in [0.25, 0.3) is 0 Å². The van der Waals surface area contributed by atoms with Gasteiger partial charge in [-0.1, -0.05) is 11.6 Å². The molecule has 1 fully saturated rings. The molecule has 35 heavy (non-hydrogen) atoms. The molecule has 3 aromatic rings. The molecule has 0 unspecified atom stereocenters. The van der Waals surface area contributed by atoms with Crippen LogP contribution in [0.2, 0.25) is 5.02 Å². The van der Waals surface area contributed by atoms with Crippen molar-refractivity contribution in [3.05, 3.63) is 69.5 Å². The van der Waals surface area contributed by atoms with Crippen molar-refractivity contribution in [2.75, 3.05) is 25.7 Å². The molecule has 1 saturated heterocycles. The Kier molecular flexibility index (Phi) is 7.31. The van der Waals surface area contributed by atoms with Crippen LogP contribution < -0.4 is 19.1 Å². The second-order valence-electron chi connectivity index (χ2n) is 8.45. The minimum absolute atomic E-state index is 0.00827. The number of aromatic nitrogens is 2. The second-order valence-corrected chi connectivity index (χ2v) is 8.83. The third-order valence-corrected chi connectivity index (χ3v) is 6.78. The van der Waals surface area contributed by atoms with Crippen molar-refractivity contribution in [3.63, 3.8) is 0 Å². The predicted molar refractivity (Wildman–Crippen MR) is 133 cm³/mol. The van der Waals surface area contributed by atoms with Gasteiger partial charge in [0, 0.05) is 29.4 Å². The van der Waals surface area contributed by atoms with Crippen LogP contribution in [0.1, 0.15) is 51.6 Å². The number of aromatic carboxylic acids is 1. The summed E-state index contributed by atoms with van der Waals surface area (Å²) in [5.41, 5.74) is 3.09. The zero-order valence-corrected chi connectivity index (χ0v) is 20.9. The van der Waals surface area contributed by atoms with Crippen LogP contribution in [0.15, 0.2) is 36.5 Å². The molecule has 184 valence electrons. The Morgan fingerprint density at radius 3 is 2.54 bits per heavy atom. The Morgan fingerprint density at radius 1 is 1.14 bits per heavy atom. The summed E-state index contributed by atoms with van der Waals surface area (Å²) in [6, 6.07) is 9.38. The van der Waals surface area contributed by atoms with Gasteiger partial charge in [-0.3, -0.25) is 0 Å². The fourth-order valence-corrected chi connectivity index (χ4v) is 4.51. The summed E-state index contributed by atoms with van der Waals surface area (Å²) < 4.78 is 16.9. The number of carbonyl (C=O) groups is 1. The fourth-order valence-electron chi connectivity index (χ4n) is 4.40. The van der Waals surface area contributed by atoms with E-state index < -0.39 is 5.97 Å². The number of aryl methyl sites for hydroxylation is 2. The largest absolute Gasteiger partial charge is 0.497 e. The molecule has 1 atom stereocenters. The molecule has 2 aromatic carbocycles. The van der Waals surface area contributed by atoms with E-state index in [9.17, 15) is 9.90 Å². The maximum atomic E-state index is 11.9. The summed E-state index contributed by atoms with van der Waals surface area (Å²) in [5.74, 6) is 1.39. The summed E-state index contributed by atoms with van der Waals surface area (Å²) in [4.78, 5) is 23.0. The maximum Gasteiger partial charge on any atom is 0.339 e. The van der Waals surface area contributed by atoms with Crippen LogP contribution >= 0.6 is 11.6 Å². The monoisotopic (exact) mass is 497 g/mol. The van der Waals surface area contributed by atoms with Gasteiger partial charge in [-0.15, -0.1) is 0 Å². The number of methoxy groups -OCH3 is 2. The molecule has 0 bridgehead atoms. The highest BCUT2D eigenvalue weighted by Crippen LogP contribution is 2.40. The Morgan fingerprint density at radius 2 is 1.89 bits per heavy atom. The third-order valence-electron chi connectivity index (χ3n) is 6.18. The van der Waals surface area contributed by atoms with Crippen molar-refractivity contribution in [2.45, 2.75) is 39.3 Å². The molecule has 1 aromatic heterocycles. The van der Waals surface area contributed by atoms with Crippen LogP contribution in [0.4, 0.5) is 5.95 Å². The van der Waals surface area contributed by atoms with E-state index in [-0.39, 0.29) is 18.2 Å². The highest BCUT2D eigenvalue weighted by molar-refractivity contribution is 6.32. The standard InChI is InChI=1S/C26H28ClN3O5/c1-15-10-18(11-16(2)24(15)27)35-14-21-20(25(31)32)13-28-26(29-21)30-9-5-6-22(30)19-8-7-17(33-3)12-23(19)34-4/h7-8,10-13,22H,5-6,9,14H2,1-4H3,(H,31,32)/t22-/m1/s1.